The van der Waals surface area contributed by atoms with Gasteiger partial charge in [-0.3, -0.25) is 9.69 Å². The van der Waals surface area contributed by atoms with E-state index >= 15 is 0 Å². The van der Waals surface area contributed by atoms with E-state index in [1.165, 1.54) is 12.8 Å². The Labute approximate surface area is 186 Å². The summed E-state index contributed by atoms with van der Waals surface area (Å²) in [5, 5.41) is 3.03. The van der Waals surface area contributed by atoms with E-state index in [1.807, 2.05) is 42.5 Å². The third-order valence-corrected chi connectivity index (χ3v) is 5.81. The highest BCUT2D eigenvalue weighted by molar-refractivity contribution is 5.75. The van der Waals surface area contributed by atoms with Crippen molar-refractivity contribution in [1.82, 2.24) is 10.2 Å². The molecule has 0 aromatic heterocycles. The van der Waals surface area contributed by atoms with Gasteiger partial charge in [-0.05, 0) is 55.5 Å². The van der Waals surface area contributed by atoms with Gasteiger partial charge >= 0.3 is 0 Å². The minimum atomic E-state index is 0.121. The summed E-state index contributed by atoms with van der Waals surface area (Å²) in [7, 11) is 3.36. The number of amides is 1. The second-order valence-electron chi connectivity index (χ2n) is 8.08. The summed E-state index contributed by atoms with van der Waals surface area (Å²) >= 11 is 0. The lowest BCUT2D eigenvalue weighted by Gasteiger charge is -2.32. The molecule has 1 saturated heterocycles. The van der Waals surface area contributed by atoms with Crippen LogP contribution in [0.3, 0.4) is 0 Å². The fraction of sp³-hybridized carbons (Fsp3) is 0.423. The highest BCUT2D eigenvalue weighted by Gasteiger charge is 2.19. The largest absolute Gasteiger partial charge is 0.497 e. The first-order chi connectivity index (χ1) is 15.2. The number of carbonyl (C=O) groups excluding carboxylic acids is 1. The van der Waals surface area contributed by atoms with Crippen molar-refractivity contribution in [2.24, 2.45) is 5.92 Å². The van der Waals surface area contributed by atoms with E-state index in [0.29, 0.717) is 18.9 Å². The average molecular weight is 423 g/mol. The van der Waals surface area contributed by atoms with E-state index in [1.54, 1.807) is 14.2 Å². The van der Waals surface area contributed by atoms with Crippen molar-refractivity contribution < 1.29 is 14.3 Å². The van der Waals surface area contributed by atoms with Crippen molar-refractivity contribution in [3.8, 4) is 11.5 Å². The quantitative estimate of drug-likeness (QED) is 0.611. The minimum absolute atomic E-state index is 0.121. The summed E-state index contributed by atoms with van der Waals surface area (Å²) in [6.45, 7) is 3.64. The molecule has 0 radical (unpaired) electrons. The number of hydrogen-bond acceptors (Lipinski definition) is 4. The average Bonchev–Trinajstić information content (AvgIpc) is 2.82. The van der Waals surface area contributed by atoms with Gasteiger partial charge < -0.3 is 14.8 Å². The standard InChI is InChI=1S/C26H34N2O3/c1-30-24-12-5-8-22(18-24)19-27-26(29)15-14-21-9-6-16-28(20-21)17-7-11-23-10-3-4-13-25(23)31-2/h3-5,7-8,10-13,18,21H,6,9,14-17,19-20H2,1-2H3,(H,27,29)/b11-7+/t21-/m0/s1. The monoisotopic (exact) mass is 422 g/mol. The van der Waals surface area contributed by atoms with Crippen LogP contribution >= 0.6 is 0 Å². The Bertz CT molecular complexity index is 865. The smallest absolute Gasteiger partial charge is 0.220 e. The predicted octanol–water partition coefficient (Wildman–Crippen LogP) is 4.53. The number of rotatable bonds is 10. The van der Waals surface area contributed by atoms with E-state index in [0.717, 1.165) is 48.7 Å². The Morgan fingerprint density at radius 2 is 2.03 bits per heavy atom. The molecular weight excluding hydrogens is 388 g/mol. The van der Waals surface area contributed by atoms with Crippen LogP contribution in [0, 0.1) is 5.92 Å². The normalized spacial score (nSPS) is 16.9. The SMILES string of the molecule is COc1cccc(CNC(=O)CC[C@@H]2CCCN(C/C=C/c3ccccc3OC)C2)c1. The van der Waals surface area contributed by atoms with E-state index < -0.39 is 0 Å². The zero-order chi connectivity index (χ0) is 21.9. The molecule has 1 amide bonds. The number of benzene rings is 2. The summed E-state index contributed by atoms with van der Waals surface area (Å²) in [6, 6.07) is 15.9. The molecule has 1 aliphatic rings. The van der Waals surface area contributed by atoms with Crippen molar-refractivity contribution in [3.63, 3.8) is 0 Å². The van der Waals surface area contributed by atoms with E-state index in [4.69, 9.17) is 9.47 Å². The lowest BCUT2D eigenvalue weighted by Crippen LogP contribution is -2.36. The molecule has 1 fully saturated rings. The van der Waals surface area contributed by atoms with Gasteiger partial charge in [0.2, 0.25) is 5.91 Å². The number of piperidine rings is 1. The van der Waals surface area contributed by atoms with Crippen molar-refractivity contribution >= 4 is 12.0 Å². The van der Waals surface area contributed by atoms with Crippen LogP contribution in [0.4, 0.5) is 0 Å². The number of ether oxygens (including phenoxy) is 2. The summed E-state index contributed by atoms with van der Waals surface area (Å²) in [5.74, 6) is 2.41. The van der Waals surface area contributed by atoms with Gasteiger partial charge in [-0.25, -0.2) is 0 Å². The molecular formula is C26H34N2O3. The maximum atomic E-state index is 12.3. The van der Waals surface area contributed by atoms with Crippen LogP contribution < -0.4 is 14.8 Å². The van der Waals surface area contributed by atoms with Crippen LogP contribution in [0.1, 0.15) is 36.8 Å². The zero-order valence-corrected chi connectivity index (χ0v) is 18.7. The molecule has 1 aliphatic heterocycles. The number of para-hydroxylation sites is 1. The fourth-order valence-electron chi connectivity index (χ4n) is 4.09. The zero-order valence-electron chi connectivity index (χ0n) is 18.7. The minimum Gasteiger partial charge on any atom is -0.497 e. The number of nitrogens with zero attached hydrogens (tertiary/aromatic N) is 1. The molecule has 3 rings (SSSR count). The molecule has 5 nitrogen and oxygen atoms in total. The van der Waals surface area contributed by atoms with E-state index in [2.05, 4.69) is 28.4 Å². The van der Waals surface area contributed by atoms with Gasteiger partial charge in [0, 0.05) is 31.6 Å². The van der Waals surface area contributed by atoms with Crippen LogP contribution in [-0.2, 0) is 11.3 Å². The highest BCUT2D eigenvalue weighted by Crippen LogP contribution is 2.22. The summed E-state index contributed by atoms with van der Waals surface area (Å²) in [4.78, 5) is 14.8. The first-order valence-corrected chi connectivity index (χ1v) is 11.1. The Hall–Kier alpha value is -2.79. The first kappa shape index (κ1) is 22.9. The molecule has 0 aliphatic carbocycles. The molecule has 1 atom stereocenters. The highest BCUT2D eigenvalue weighted by atomic mass is 16.5. The summed E-state index contributed by atoms with van der Waals surface area (Å²) < 4.78 is 10.6. The molecule has 0 bridgehead atoms. The topological polar surface area (TPSA) is 50.8 Å². The van der Waals surface area contributed by atoms with Gasteiger partial charge in [-0.15, -0.1) is 0 Å². The lowest BCUT2D eigenvalue weighted by atomic mass is 9.93. The molecule has 0 saturated carbocycles. The lowest BCUT2D eigenvalue weighted by molar-refractivity contribution is -0.121. The van der Waals surface area contributed by atoms with Gasteiger partial charge in [0.15, 0.2) is 0 Å². The Morgan fingerprint density at radius 3 is 2.87 bits per heavy atom. The van der Waals surface area contributed by atoms with Gasteiger partial charge in [-0.1, -0.05) is 42.5 Å². The maximum Gasteiger partial charge on any atom is 0.220 e. The van der Waals surface area contributed by atoms with Crippen molar-refractivity contribution in [1.29, 1.82) is 0 Å². The third kappa shape index (κ3) is 7.44. The van der Waals surface area contributed by atoms with E-state index in [9.17, 15) is 4.79 Å². The predicted molar refractivity (Wildman–Crippen MR) is 125 cm³/mol. The molecule has 2 aromatic rings. The van der Waals surface area contributed by atoms with Gasteiger partial charge in [-0.2, -0.15) is 0 Å². The second kappa shape index (κ2) is 12.2. The second-order valence-corrected chi connectivity index (χ2v) is 8.08. The number of methoxy groups -OCH3 is 2. The van der Waals surface area contributed by atoms with Crippen molar-refractivity contribution in [3.05, 3.63) is 65.7 Å². The number of hydrogen-bond donors (Lipinski definition) is 1. The van der Waals surface area contributed by atoms with Crippen LogP contribution in [0.15, 0.2) is 54.6 Å². The molecule has 5 heteroatoms. The molecule has 2 aromatic carbocycles. The van der Waals surface area contributed by atoms with Crippen LogP contribution in [-0.4, -0.2) is 44.7 Å². The summed E-state index contributed by atoms with van der Waals surface area (Å²) in [5.41, 5.74) is 2.16. The summed E-state index contributed by atoms with van der Waals surface area (Å²) in [6.07, 6.45) is 8.26. The molecule has 166 valence electrons. The van der Waals surface area contributed by atoms with Gasteiger partial charge in [0.05, 0.1) is 14.2 Å². The third-order valence-electron chi connectivity index (χ3n) is 5.81. The Morgan fingerprint density at radius 1 is 1.16 bits per heavy atom. The number of nitrogens with one attached hydrogen (secondary N) is 1. The van der Waals surface area contributed by atoms with Crippen LogP contribution in [0.5, 0.6) is 11.5 Å². The van der Waals surface area contributed by atoms with Gasteiger partial charge in [0.25, 0.3) is 0 Å². The molecule has 31 heavy (non-hydrogen) atoms. The fourth-order valence-corrected chi connectivity index (χ4v) is 4.09. The van der Waals surface area contributed by atoms with Crippen molar-refractivity contribution in [2.75, 3.05) is 33.9 Å². The molecule has 0 spiro atoms. The van der Waals surface area contributed by atoms with Crippen LogP contribution in [0.25, 0.3) is 6.08 Å². The first-order valence-electron chi connectivity index (χ1n) is 11.1. The van der Waals surface area contributed by atoms with Gasteiger partial charge in [0.1, 0.15) is 11.5 Å². The van der Waals surface area contributed by atoms with E-state index in [-0.39, 0.29) is 5.91 Å². The number of carbonyl (C=O) groups is 1. The Balaban J connectivity index is 1.39. The molecule has 1 N–H and O–H groups in total. The van der Waals surface area contributed by atoms with Crippen LogP contribution in [0.2, 0.25) is 0 Å². The number of likely N-dealkylation sites (tertiary alicyclic amines) is 1. The molecule has 0 unspecified atom stereocenters. The maximum absolute atomic E-state index is 12.3. The molecule has 1 heterocycles. The Kier molecular flexibility index (Phi) is 8.98. The van der Waals surface area contributed by atoms with Crippen molar-refractivity contribution in [2.45, 2.75) is 32.2 Å².